The number of carbonyl (C=O) groups excluding carboxylic acids is 3. The van der Waals surface area contributed by atoms with Crippen molar-refractivity contribution in [3.05, 3.63) is 11.6 Å². The molecule has 0 spiro atoms. The molecule has 26 heavy (non-hydrogen) atoms. The molecule has 0 amide bonds. The molecule has 4 aliphatic carbocycles. The number of Topliss-reactive ketones (excluding diaryl/α,β-unsaturated/α-hetero) is 2. The fraction of sp³-hybridized carbons (Fsp3) is 0.773. The summed E-state index contributed by atoms with van der Waals surface area (Å²) in [6, 6.07) is 0. The molecule has 0 saturated heterocycles. The zero-order chi connectivity index (χ0) is 18.9. The van der Waals surface area contributed by atoms with Gasteiger partial charge in [-0.05, 0) is 55.4 Å². The van der Waals surface area contributed by atoms with Crippen LogP contribution in [0.15, 0.2) is 11.6 Å². The van der Waals surface area contributed by atoms with Gasteiger partial charge in [-0.1, -0.05) is 26.3 Å². The van der Waals surface area contributed by atoms with E-state index in [0.29, 0.717) is 31.5 Å². The molecule has 0 bridgehead atoms. The van der Waals surface area contributed by atoms with Gasteiger partial charge in [0.15, 0.2) is 5.78 Å². The average Bonchev–Trinajstić information content (AvgIpc) is 2.91. The van der Waals surface area contributed by atoms with Crippen LogP contribution >= 0.6 is 0 Å². The molecule has 7 atom stereocenters. The number of fused-ring (bicyclic) bond motifs is 5. The predicted molar refractivity (Wildman–Crippen MR) is 97.3 cm³/mol. The summed E-state index contributed by atoms with van der Waals surface area (Å²) in [7, 11) is 0. The van der Waals surface area contributed by atoms with Crippen molar-refractivity contribution in [1.29, 1.82) is 0 Å². The number of hydrogen-bond donors (Lipinski definition) is 1. The lowest BCUT2D eigenvalue weighted by molar-refractivity contribution is -0.142. The van der Waals surface area contributed by atoms with E-state index in [1.165, 1.54) is 0 Å². The van der Waals surface area contributed by atoms with Crippen molar-refractivity contribution in [2.75, 3.05) is 0 Å². The van der Waals surface area contributed by atoms with Crippen molar-refractivity contribution in [2.24, 2.45) is 34.5 Å². The summed E-state index contributed by atoms with van der Waals surface area (Å²) in [5, 5.41) is 10.5. The van der Waals surface area contributed by atoms with Gasteiger partial charge in [-0.3, -0.25) is 14.4 Å². The first-order chi connectivity index (χ1) is 12.2. The van der Waals surface area contributed by atoms with Crippen molar-refractivity contribution < 1.29 is 19.5 Å². The monoisotopic (exact) mass is 358 g/mol. The maximum atomic E-state index is 13.1. The van der Waals surface area contributed by atoms with E-state index in [1.54, 1.807) is 6.08 Å². The number of hydrogen-bond acceptors (Lipinski definition) is 4. The van der Waals surface area contributed by atoms with Gasteiger partial charge in [-0.15, -0.1) is 0 Å². The fourth-order valence-corrected chi connectivity index (χ4v) is 6.82. The van der Waals surface area contributed by atoms with Gasteiger partial charge >= 0.3 is 0 Å². The number of aliphatic hydroxyl groups is 1. The second-order valence-corrected chi connectivity index (χ2v) is 9.55. The standard InChI is InChI=1S/C22H30O4/c1-4-16(23)13-11-22(3)12(9-17(13)24)10-18(25)20-14-5-6-19(26)21(14,2)8-7-15(20)22/h10,13-15,17,20,24H,4-9,11H2,1-3H3/t13?,14-,15-,17+,20-,21-,22-/m0/s1. The molecule has 3 saturated carbocycles. The van der Waals surface area contributed by atoms with Crippen LogP contribution in [-0.4, -0.2) is 28.6 Å². The number of rotatable bonds is 2. The van der Waals surface area contributed by atoms with Crippen LogP contribution < -0.4 is 0 Å². The summed E-state index contributed by atoms with van der Waals surface area (Å²) in [6.07, 6.45) is 5.75. The van der Waals surface area contributed by atoms with Gasteiger partial charge in [0.25, 0.3) is 0 Å². The van der Waals surface area contributed by atoms with Gasteiger partial charge in [0.2, 0.25) is 0 Å². The second kappa shape index (κ2) is 5.85. The largest absolute Gasteiger partial charge is 0.392 e. The minimum Gasteiger partial charge on any atom is -0.392 e. The highest BCUT2D eigenvalue weighted by Crippen LogP contribution is 2.63. The number of carbonyl (C=O) groups is 3. The molecule has 1 N–H and O–H groups in total. The van der Waals surface area contributed by atoms with Crippen LogP contribution in [0.25, 0.3) is 0 Å². The van der Waals surface area contributed by atoms with Crippen LogP contribution in [0, 0.1) is 34.5 Å². The van der Waals surface area contributed by atoms with Crippen LogP contribution in [0.1, 0.15) is 65.7 Å². The van der Waals surface area contributed by atoms with E-state index in [0.717, 1.165) is 24.8 Å². The third-order valence-corrected chi connectivity index (χ3v) is 8.48. The van der Waals surface area contributed by atoms with Crippen LogP contribution in [0.5, 0.6) is 0 Å². The van der Waals surface area contributed by atoms with E-state index >= 15 is 0 Å². The molecule has 0 aromatic heterocycles. The van der Waals surface area contributed by atoms with E-state index in [1.807, 2.05) is 6.92 Å². The lowest BCUT2D eigenvalue weighted by atomic mass is 9.46. The average molecular weight is 358 g/mol. The SMILES string of the molecule is CCC(=O)C1C[C@@]2(C)C(=CC(=O)[C@@H]3[C@@H]2CC[C@]2(C)C(=O)CC[C@@H]32)C[C@H]1O. The Bertz CT molecular complexity index is 707. The molecular weight excluding hydrogens is 328 g/mol. The Kier molecular flexibility index (Phi) is 4.07. The molecular formula is C22H30O4. The highest BCUT2D eigenvalue weighted by atomic mass is 16.3. The Balaban J connectivity index is 1.73. The third-order valence-electron chi connectivity index (χ3n) is 8.48. The molecule has 4 nitrogen and oxygen atoms in total. The van der Waals surface area contributed by atoms with Crippen LogP contribution in [-0.2, 0) is 14.4 Å². The Morgan fingerprint density at radius 2 is 1.88 bits per heavy atom. The Morgan fingerprint density at radius 3 is 2.58 bits per heavy atom. The molecule has 3 fully saturated rings. The van der Waals surface area contributed by atoms with Gasteiger partial charge in [-0.2, -0.15) is 0 Å². The lowest BCUT2D eigenvalue weighted by Crippen LogP contribution is -2.55. The molecule has 1 unspecified atom stereocenters. The Hall–Kier alpha value is -1.29. The number of allylic oxidation sites excluding steroid dienone is 1. The van der Waals surface area contributed by atoms with Gasteiger partial charge in [0.1, 0.15) is 11.6 Å². The Morgan fingerprint density at radius 1 is 1.19 bits per heavy atom. The van der Waals surface area contributed by atoms with Crippen molar-refractivity contribution in [1.82, 2.24) is 0 Å². The molecule has 0 heterocycles. The third kappa shape index (κ3) is 2.27. The summed E-state index contributed by atoms with van der Waals surface area (Å²) < 4.78 is 0. The zero-order valence-corrected chi connectivity index (χ0v) is 16.1. The number of aliphatic hydroxyl groups excluding tert-OH is 1. The van der Waals surface area contributed by atoms with Crippen LogP contribution in [0.2, 0.25) is 0 Å². The van der Waals surface area contributed by atoms with E-state index in [9.17, 15) is 19.5 Å². The molecule has 0 radical (unpaired) electrons. The van der Waals surface area contributed by atoms with Crippen molar-refractivity contribution in [2.45, 2.75) is 71.8 Å². The van der Waals surface area contributed by atoms with Gasteiger partial charge in [0.05, 0.1) is 6.10 Å². The van der Waals surface area contributed by atoms with Crippen LogP contribution in [0.4, 0.5) is 0 Å². The van der Waals surface area contributed by atoms with E-state index in [4.69, 9.17) is 0 Å². The quantitative estimate of drug-likeness (QED) is 0.822. The fourth-order valence-electron chi connectivity index (χ4n) is 6.82. The first-order valence-corrected chi connectivity index (χ1v) is 10.2. The molecule has 4 aliphatic rings. The molecule has 4 heteroatoms. The normalized spacial score (nSPS) is 47.7. The maximum Gasteiger partial charge on any atom is 0.159 e. The molecule has 0 aromatic carbocycles. The van der Waals surface area contributed by atoms with E-state index < -0.39 is 6.10 Å². The van der Waals surface area contributed by atoms with Crippen molar-refractivity contribution in [3.8, 4) is 0 Å². The van der Waals surface area contributed by atoms with Gasteiger partial charge < -0.3 is 5.11 Å². The highest BCUT2D eigenvalue weighted by Gasteiger charge is 2.61. The summed E-state index contributed by atoms with van der Waals surface area (Å²) in [5.74, 6) is 0.521. The topological polar surface area (TPSA) is 71.4 Å². The van der Waals surface area contributed by atoms with Crippen LogP contribution in [0.3, 0.4) is 0 Å². The second-order valence-electron chi connectivity index (χ2n) is 9.55. The molecule has 142 valence electrons. The summed E-state index contributed by atoms with van der Waals surface area (Å²) in [6.45, 7) is 6.11. The molecule has 4 rings (SSSR count). The minimum absolute atomic E-state index is 0.0958. The van der Waals surface area contributed by atoms with Gasteiger partial charge in [-0.25, -0.2) is 0 Å². The highest BCUT2D eigenvalue weighted by molar-refractivity contribution is 5.97. The van der Waals surface area contributed by atoms with Gasteiger partial charge in [0, 0.05) is 30.1 Å². The van der Waals surface area contributed by atoms with E-state index in [2.05, 4.69) is 13.8 Å². The predicted octanol–water partition coefficient (Wildman–Crippen LogP) is 3.26. The first-order valence-electron chi connectivity index (χ1n) is 10.2. The molecule has 0 aromatic rings. The Labute approximate surface area is 155 Å². The maximum absolute atomic E-state index is 13.1. The van der Waals surface area contributed by atoms with Crippen molar-refractivity contribution in [3.63, 3.8) is 0 Å². The minimum atomic E-state index is -0.673. The number of ketones is 3. The molecule has 0 aliphatic heterocycles. The lowest BCUT2D eigenvalue weighted by Gasteiger charge is -2.56. The van der Waals surface area contributed by atoms with E-state index in [-0.39, 0.29) is 46.1 Å². The first kappa shape index (κ1) is 18.1. The zero-order valence-electron chi connectivity index (χ0n) is 16.1. The summed E-state index contributed by atoms with van der Waals surface area (Å²) in [4.78, 5) is 38.0. The van der Waals surface area contributed by atoms with Crippen molar-refractivity contribution >= 4 is 17.3 Å². The summed E-state index contributed by atoms with van der Waals surface area (Å²) >= 11 is 0. The smallest absolute Gasteiger partial charge is 0.159 e. The summed E-state index contributed by atoms with van der Waals surface area (Å²) in [5.41, 5.74) is 0.482.